The third kappa shape index (κ3) is 2.87. The van der Waals surface area contributed by atoms with Crippen molar-refractivity contribution in [2.45, 2.75) is 19.9 Å². The Kier molecular flexibility index (Phi) is 4.17. The fourth-order valence-corrected chi connectivity index (χ4v) is 1.95. The highest BCUT2D eigenvalue weighted by molar-refractivity contribution is 5.78. The lowest BCUT2D eigenvalue weighted by Crippen LogP contribution is -2.34. The van der Waals surface area contributed by atoms with Crippen LogP contribution in [-0.2, 0) is 11.8 Å². The van der Waals surface area contributed by atoms with Gasteiger partial charge < -0.3 is 9.88 Å². The van der Waals surface area contributed by atoms with Gasteiger partial charge >= 0.3 is 0 Å². The number of aryl methyl sites for hydroxylation is 1. The maximum absolute atomic E-state index is 14.0. The largest absolute Gasteiger partial charge is 0.342 e. The Labute approximate surface area is 117 Å². The third-order valence-electron chi connectivity index (χ3n) is 3.14. The van der Waals surface area contributed by atoms with Crippen LogP contribution in [0.4, 0.5) is 4.39 Å². The predicted molar refractivity (Wildman–Crippen MR) is 74.4 cm³/mol. The molecule has 1 aromatic heterocycles. The van der Waals surface area contributed by atoms with E-state index < -0.39 is 6.04 Å². The van der Waals surface area contributed by atoms with Crippen molar-refractivity contribution >= 4 is 5.91 Å². The average molecular weight is 275 g/mol. The number of imidazole rings is 1. The standard InChI is InChI=1S/C15H18FN3O/c1-10(2)15(20)18-13(14-17-8-9-19(14)3)11-6-4-5-7-12(11)16/h4-10,13H,1-3H3,(H,18,20). The number of hydrogen-bond acceptors (Lipinski definition) is 2. The third-order valence-corrected chi connectivity index (χ3v) is 3.14. The number of carbonyl (C=O) groups is 1. The highest BCUT2D eigenvalue weighted by Gasteiger charge is 2.24. The van der Waals surface area contributed by atoms with Crippen LogP contribution >= 0.6 is 0 Å². The molecule has 2 aromatic rings. The van der Waals surface area contributed by atoms with Crippen LogP contribution in [0.25, 0.3) is 0 Å². The molecule has 1 aromatic carbocycles. The van der Waals surface area contributed by atoms with E-state index >= 15 is 0 Å². The summed E-state index contributed by atoms with van der Waals surface area (Å²) in [6.07, 6.45) is 3.40. The molecule has 20 heavy (non-hydrogen) atoms. The summed E-state index contributed by atoms with van der Waals surface area (Å²) in [5.41, 5.74) is 0.413. The van der Waals surface area contributed by atoms with Crippen LogP contribution in [0.3, 0.4) is 0 Å². The molecular formula is C15H18FN3O. The molecule has 0 bridgehead atoms. The smallest absolute Gasteiger partial charge is 0.223 e. The number of aromatic nitrogens is 2. The zero-order valence-electron chi connectivity index (χ0n) is 11.8. The van der Waals surface area contributed by atoms with Gasteiger partial charge in [-0.15, -0.1) is 0 Å². The molecule has 1 unspecified atom stereocenters. The number of amides is 1. The van der Waals surface area contributed by atoms with Crippen LogP contribution in [0.2, 0.25) is 0 Å². The summed E-state index contributed by atoms with van der Waals surface area (Å²) in [6, 6.07) is 5.82. The average Bonchev–Trinajstić information content (AvgIpc) is 2.82. The zero-order valence-corrected chi connectivity index (χ0v) is 11.8. The minimum atomic E-state index is -0.592. The molecule has 5 heteroatoms. The van der Waals surface area contributed by atoms with Gasteiger partial charge in [-0.1, -0.05) is 32.0 Å². The van der Waals surface area contributed by atoms with Gasteiger partial charge in [0, 0.05) is 30.9 Å². The number of nitrogens with one attached hydrogen (secondary N) is 1. The number of benzene rings is 1. The van der Waals surface area contributed by atoms with E-state index in [1.807, 2.05) is 7.05 Å². The first-order chi connectivity index (χ1) is 9.50. The Bertz CT molecular complexity index is 607. The van der Waals surface area contributed by atoms with Crippen LogP contribution < -0.4 is 5.32 Å². The monoisotopic (exact) mass is 275 g/mol. The molecule has 1 amide bonds. The predicted octanol–water partition coefficient (Wildman–Crippen LogP) is 2.42. The van der Waals surface area contributed by atoms with E-state index in [0.717, 1.165) is 0 Å². The van der Waals surface area contributed by atoms with E-state index in [1.165, 1.54) is 6.07 Å². The fourth-order valence-electron chi connectivity index (χ4n) is 1.95. The van der Waals surface area contributed by atoms with Crippen LogP contribution in [0.5, 0.6) is 0 Å². The second-order valence-corrected chi connectivity index (χ2v) is 5.01. The van der Waals surface area contributed by atoms with Gasteiger partial charge in [-0.2, -0.15) is 0 Å². The molecule has 0 radical (unpaired) electrons. The van der Waals surface area contributed by atoms with Crippen molar-refractivity contribution in [2.75, 3.05) is 0 Å². The van der Waals surface area contributed by atoms with E-state index in [-0.39, 0.29) is 17.6 Å². The number of rotatable bonds is 4. The molecule has 1 heterocycles. The zero-order chi connectivity index (χ0) is 14.7. The molecule has 0 aliphatic rings. The molecule has 0 saturated heterocycles. The molecule has 0 aliphatic carbocycles. The minimum absolute atomic E-state index is 0.138. The molecule has 0 fully saturated rings. The lowest BCUT2D eigenvalue weighted by atomic mass is 10.0. The van der Waals surface area contributed by atoms with Crippen molar-refractivity contribution in [3.63, 3.8) is 0 Å². The molecule has 0 spiro atoms. The van der Waals surface area contributed by atoms with E-state index in [1.54, 1.807) is 49.0 Å². The van der Waals surface area contributed by atoms with Gasteiger partial charge in [-0.3, -0.25) is 4.79 Å². The number of hydrogen-bond donors (Lipinski definition) is 1. The van der Waals surface area contributed by atoms with Gasteiger partial charge in [0.25, 0.3) is 0 Å². The van der Waals surface area contributed by atoms with E-state index in [9.17, 15) is 9.18 Å². The van der Waals surface area contributed by atoms with Crippen molar-refractivity contribution < 1.29 is 9.18 Å². The van der Waals surface area contributed by atoms with Crippen LogP contribution in [0.15, 0.2) is 36.7 Å². The lowest BCUT2D eigenvalue weighted by molar-refractivity contribution is -0.124. The lowest BCUT2D eigenvalue weighted by Gasteiger charge is -2.20. The normalized spacial score (nSPS) is 12.4. The number of carbonyl (C=O) groups excluding carboxylic acids is 1. The van der Waals surface area contributed by atoms with Crippen LogP contribution in [0.1, 0.15) is 31.3 Å². The van der Waals surface area contributed by atoms with E-state index in [4.69, 9.17) is 0 Å². The van der Waals surface area contributed by atoms with Crippen molar-refractivity contribution in [3.05, 3.63) is 53.9 Å². The summed E-state index contributed by atoms with van der Waals surface area (Å²) in [5, 5.41) is 2.85. The van der Waals surface area contributed by atoms with Crippen LogP contribution in [-0.4, -0.2) is 15.5 Å². The highest BCUT2D eigenvalue weighted by Crippen LogP contribution is 2.23. The molecule has 0 saturated carbocycles. The van der Waals surface area contributed by atoms with Crippen LogP contribution in [0, 0.1) is 11.7 Å². The quantitative estimate of drug-likeness (QED) is 0.931. The van der Waals surface area contributed by atoms with Gasteiger partial charge in [-0.25, -0.2) is 9.37 Å². The Morgan fingerprint density at radius 1 is 1.35 bits per heavy atom. The topological polar surface area (TPSA) is 46.9 Å². The first-order valence-electron chi connectivity index (χ1n) is 6.52. The van der Waals surface area contributed by atoms with Gasteiger partial charge in [-0.05, 0) is 6.07 Å². The second-order valence-electron chi connectivity index (χ2n) is 5.01. The number of nitrogens with zero attached hydrogens (tertiary/aromatic N) is 2. The summed E-state index contributed by atoms with van der Waals surface area (Å²) in [4.78, 5) is 16.2. The van der Waals surface area contributed by atoms with Gasteiger partial charge in [0.05, 0.1) is 0 Å². The molecule has 2 rings (SSSR count). The SMILES string of the molecule is CC(C)C(=O)NC(c1ccccc1F)c1nccn1C. The Morgan fingerprint density at radius 3 is 2.60 bits per heavy atom. The van der Waals surface area contributed by atoms with Crippen molar-refractivity contribution in [1.82, 2.24) is 14.9 Å². The summed E-state index contributed by atoms with van der Waals surface area (Å²) in [6.45, 7) is 3.60. The Hall–Kier alpha value is -2.17. The Morgan fingerprint density at radius 2 is 2.05 bits per heavy atom. The van der Waals surface area contributed by atoms with E-state index in [0.29, 0.717) is 11.4 Å². The van der Waals surface area contributed by atoms with Crippen molar-refractivity contribution in [2.24, 2.45) is 13.0 Å². The molecule has 1 N–H and O–H groups in total. The summed E-state index contributed by atoms with van der Waals surface area (Å²) < 4.78 is 15.8. The summed E-state index contributed by atoms with van der Waals surface area (Å²) >= 11 is 0. The second kappa shape index (κ2) is 5.86. The van der Waals surface area contributed by atoms with Gasteiger partial charge in [0.2, 0.25) is 5.91 Å². The molecule has 1 atom stereocenters. The van der Waals surface area contributed by atoms with Crippen molar-refractivity contribution in [1.29, 1.82) is 0 Å². The minimum Gasteiger partial charge on any atom is -0.342 e. The van der Waals surface area contributed by atoms with Gasteiger partial charge in [0.15, 0.2) is 0 Å². The summed E-state index contributed by atoms with van der Waals surface area (Å²) in [7, 11) is 1.82. The van der Waals surface area contributed by atoms with Gasteiger partial charge in [0.1, 0.15) is 17.7 Å². The molecule has 106 valence electrons. The molecule has 0 aliphatic heterocycles. The molecular weight excluding hydrogens is 257 g/mol. The Balaban J connectivity index is 2.43. The number of halogens is 1. The maximum atomic E-state index is 14.0. The summed E-state index contributed by atoms with van der Waals surface area (Å²) in [5.74, 6) is -0.0700. The first kappa shape index (κ1) is 14.2. The first-order valence-corrected chi connectivity index (χ1v) is 6.52. The fraction of sp³-hybridized carbons (Fsp3) is 0.333. The maximum Gasteiger partial charge on any atom is 0.223 e. The molecule has 4 nitrogen and oxygen atoms in total. The van der Waals surface area contributed by atoms with E-state index in [2.05, 4.69) is 10.3 Å². The van der Waals surface area contributed by atoms with Crippen molar-refractivity contribution in [3.8, 4) is 0 Å². The highest BCUT2D eigenvalue weighted by atomic mass is 19.1.